The number of hydrogen-bond acceptors (Lipinski definition) is 2. The van der Waals surface area contributed by atoms with Crippen LogP contribution in [0.15, 0.2) is 6.20 Å². The van der Waals surface area contributed by atoms with E-state index in [1.165, 1.54) is 30.8 Å². The normalized spacial score (nSPS) is 17.4. The van der Waals surface area contributed by atoms with Crippen LogP contribution in [-0.4, -0.2) is 16.0 Å². The molecule has 1 aromatic rings. The third-order valence-electron chi connectivity index (χ3n) is 2.84. The van der Waals surface area contributed by atoms with E-state index in [2.05, 4.69) is 29.1 Å². The van der Waals surface area contributed by atoms with E-state index in [1.807, 2.05) is 6.20 Å². The lowest BCUT2D eigenvalue weighted by Crippen LogP contribution is -2.22. The highest BCUT2D eigenvalue weighted by atomic mass is 15.0. The summed E-state index contributed by atoms with van der Waals surface area (Å²) in [5, 5.41) is 3.38. The monoisotopic (exact) mass is 193 g/mol. The van der Waals surface area contributed by atoms with Gasteiger partial charge in [0.2, 0.25) is 0 Å². The topological polar surface area (TPSA) is 40.7 Å². The molecule has 1 aliphatic carbocycles. The van der Waals surface area contributed by atoms with Crippen molar-refractivity contribution in [1.82, 2.24) is 15.3 Å². The average Bonchev–Trinajstić information content (AvgIpc) is 2.46. The van der Waals surface area contributed by atoms with E-state index in [0.29, 0.717) is 12.0 Å². The third-order valence-corrected chi connectivity index (χ3v) is 2.84. The Bertz CT molecular complexity index is 286. The molecule has 2 rings (SSSR count). The summed E-state index contributed by atoms with van der Waals surface area (Å²) in [7, 11) is 0. The Kier molecular flexibility index (Phi) is 2.87. The molecular formula is C11H19N3. The summed E-state index contributed by atoms with van der Waals surface area (Å²) >= 11 is 0. The number of nitrogens with zero attached hydrogens (tertiary/aromatic N) is 1. The Labute approximate surface area is 85.3 Å². The van der Waals surface area contributed by atoms with E-state index in [9.17, 15) is 0 Å². The fourth-order valence-electron chi connectivity index (χ4n) is 1.67. The third kappa shape index (κ3) is 2.15. The lowest BCUT2D eigenvalue weighted by molar-refractivity contribution is 0.403. The maximum absolute atomic E-state index is 4.42. The number of hydrogen-bond donors (Lipinski definition) is 2. The van der Waals surface area contributed by atoms with Crippen molar-refractivity contribution in [2.24, 2.45) is 0 Å². The number of aromatic amines is 1. The zero-order valence-corrected chi connectivity index (χ0v) is 9.01. The van der Waals surface area contributed by atoms with Gasteiger partial charge in [0.1, 0.15) is 5.82 Å². The van der Waals surface area contributed by atoms with Gasteiger partial charge >= 0.3 is 0 Å². The van der Waals surface area contributed by atoms with Crippen LogP contribution in [0.2, 0.25) is 0 Å². The van der Waals surface area contributed by atoms with Gasteiger partial charge in [-0.1, -0.05) is 20.3 Å². The highest BCUT2D eigenvalue weighted by Crippen LogP contribution is 2.34. The minimum Gasteiger partial charge on any atom is -0.345 e. The zero-order chi connectivity index (χ0) is 9.97. The van der Waals surface area contributed by atoms with Crippen molar-refractivity contribution in [3.05, 3.63) is 17.7 Å². The van der Waals surface area contributed by atoms with Gasteiger partial charge in [-0.3, -0.25) is 0 Å². The van der Waals surface area contributed by atoms with Gasteiger partial charge in [-0.2, -0.15) is 0 Å². The smallest absolute Gasteiger partial charge is 0.109 e. The molecule has 3 nitrogen and oxygen atoms in total. The van der Waals surface area contributed by atoms with E-state index < -0.39 is 0 Å². The van der Waals surface area contributed by atoms with Crippen molar-refractivity contribution >= 4 is 0 Å². The summed E-state index contributed by atoms with van der Waals surface area (Å²) in [6.07, 6.45) is 5.95. The number of nitrogens with one attached hydrogen (secondary N) is 2. The molecule has 0 radical (unpaired) electrons. The van der Waals surface area contributed by atoms with Crippen LogP contribution in [0.4, 0.5) is 0 Å². The van der Waals surface area contributed by atoms with E-state index in [1.54, 1.807) is 0 Å². The second kappa shape index (κ2) is 4.13. The molecule has 0 aromatic carbocycles. The second-order valence-corrected chi connectivity index (χ2v) is 4.46. The molecular weight excluding hydrogens is 174 g/mol. The van der Waals surface area contributed by atoms with Gasteiger partial charge in [-0.25, -0.2) is 4.98 Å². The molecule has 2 N–H and O–H groups in total. The number of rotatable bonds is 4. The first-order chi connectivity index (χ1) is 6.75. The average molecular weight is 193 g/mol. The van der Waals surface area contributed by atoms with Crippen LogP contribution in [0, 0.1) is 0 Å². The second-order valence-electron chi connectivity index (χ2n) is 4.46. The predicted molar refractivity (Wildman–Crippen MR) is 57.2 cm³/mol. The number of imidazole rings is 1. The molecule has 0 saturated heterocycles. The van der Waals surface area contributed by atoms with Crippen LogP contribution in [0.5, 0.6) is 0 Å². The number of H-pyrrole nitrogens is 1. The van der Waals surface area contributed by atoms with Gasteiger partial charge in [-0.05, 0) is 12.8 Å². The SMILES string of the molecule is CC(C)NCc1cnc(C2CCC2)[nH]1. The zero-order valence-electron chi connectivity index (χ0n) is 9.01. The van der Waals surface area contributed by atoms with Gasteiger partial charge in [0.15, 0.2) is 0 Å². The first-order valence-corrected chi connectivity index (χ1v) is 5.53. The summed E-state index contributed by atoms with van der Waals surface area (Å²) in [6.45, 7) is 5.21. The Morgan fingerprint density at radius 1 is 1.57 bits per heavy atom. The van der Waals surface area contributed by atoms with Gasteiger partial charge < -0.3 is 10.3 Å². The van der Waals surface area contributed by atoms with Crippen molar-refractivity contribution in [3.63, 3.8) is 0 Å². The standard InChI is InChI=1S/C11H19N3/c1-8(2)12-6-10-7-13-11(14-10)9-4-3-5-9/h7-9,12H,3-6H2,1-2H3,(H,13,14). The molecule has 0 unspecified atom stereocenters. The highest BCUT2D eigenvalue weighted by molar-refractivity contribution is 5.07. The Morgan fingerprint density at radius 3 is 2.93 bits per heavy atom. The van der Waals surface area contributed by atoms with Crippen molar-refractivity contribution in [1.29, 1.82) is 0 Å². The van der Waals surface area contributed by atoms with Gasteiger partial charge in [0, 0.05) is 30.4 Å². The van der Waals surface area contributed by atoms with Crippen LogP contribution < -0.4 is 5.32 Å². The molecule has 14 heavy (non-hydrogen) atoms. The Balaban J connectivity index is 1.89. The van der Waals surface area contributed by atoms with Crippen LogP contribution in [0.1, 0.15) is 50.5 Å². The summed E-state index contributed by atoms with van der Waals surface area (Å²) in [4.78, 5) is 7.82. The van der Waals surface area contributed by atoms with Gasteiger partial charge in [0.25, 0.3) is 0 Å². The minimum atomic E-state index is 0.533. The van der Waals surface area contributed by atoms with E-state index in [-0.39, 0.29) is 0 Å². The van der Waals surface area contributed by atoms with E-state index in [4.69, 9.17) is 0 Å². The quantitative estimate of drug-likeness (QED) is 0.769. The van der Waals surface area contributed by atoms with Crippen LogP contribution >= 0.6 is 0 Å². The van der Waals surface area contributed by atoms with Crippen LogP contribution in [0.25, 0.3) is 0 Å². The van der Waals surface area contributed by atoms with Crippen LogP contribution in [-0.2, 0) is 6.54 Å². The molecule has 1 heterocycles. The molecule has 1 saturated carbocycles. The Hall–Kier alpha value is -0.830. The lowest BCUT2D eigenvalue weighted by Gasteiger charge is -2.22. The first kappa shape index (κ1) is 9.71. The minimum absolute atomic E-state index is 0.533. The molecule has 3 heteroatoms. The fraction of sp³-hybridized carbons (Fsp3) is 0.727. The highest BCUT2D eigenvalue weighted by Gasteiger charge is 2.21. The van der Waals surface area contributed by atoms with Gasteiger partial charge in [0.05, 0.1) is 0 Å². The van der Waals surface area contributed by atoms with E-state index >= 15 is 0 Å². The predicted octanol–water partition coefficient (Wildman–Crippen LogP) is 2.18. The molecule has 0 aliphatic heterocycles. The number of aromatic nitrogens is 2. The summed E-state index contributed by atoms with van der Waals surface area (Å²) < 4.78 is 0. The van der Waals surface area contributed by atoms with E-state index in [0.717, 1.165) is 6.54 Å². The van der Waals surface area contributed by atoms with Crippen molar-refractivity contribution < 1.29 is 0 Å². The van der Waals surface area contributed by atoms with Crippen LogP contribution in [0.3, 0.4) is 0 Å². The Morgan fingerprint density at radius 2 is 2.36 bits per heavy atom. The van der Waals surface area contributed by atoms with Crippen molar-refractivity contribution in [2.75, 3.05) is 0 Å². The maximum Gasteiger partial charge on any atom is 0.109 e. The maximum atomic E-state index is 4.42. The summed E-state index contributed by atoms with van der Waals surface area (Å²) in [5.41, 5.74) is 1.21. The van der Waals surface area contributed by atoms with Crippen molar-refractivity contribution in [3.8, 4) is 0 Å². The molecule has 0 amide bonds. The summed E-state index contributed by atoms with van der Waals surface area (Å²) in [6, 6.07) is 0.533. The van der Waals surface area contributed by atoms with Gasteiger partial charge in [-0.15, -0.1) is 0 Å². The first-order valence-electron chi connectivity index (χ1n) is 5.53. The molecule has 0 spiro atoms. The molecule has 0 bridgehead atoms. The molecule has 1 aromatic heterocycles. The molecule has 1 aliphatic rings. The molecule has 78 valence electrons. The molecule has 0 atom stereocenters. The molecule has 1 fully saturated rings. The largest absolute Gasteiger partial charge is 0.345 e. The lowest BCUT2D eigenvalue weighted by atomic mass is 9.85. The summed E-state index contributed by atoms with van der Waals surface area (Å²) in [5.74, 6) is 1.90. The fourth-order valence-corrected chi connectivity index (χ4v) is 1.67. The van der Waals surface area contributed by atoms with Crippen molar-refractivity contribution in [2.45, 2.75) is 51.6 Å².